The number of rotatable bonds is 1. The molecule has 0 bridgehead atoms. The van der Waals surface area contributed by atoms with Crippen molar-refractivity contribution in [3.63, 3.8) is 0 Å². The number of aliphatic imine (C=N–C) groups is 1. The van der Waals surface area contributed by atoms with E-state index >= 15 is 0 Å². The van der Waals surface area contributed by atoms with Crippen LogP contribution in [0.2, 0.25) is 0 Å². The fourth-order valence-corrected chi connectivity index (χ4v) is 3.29. The molecular weight excluding hydrogens is 228 g/mol. The Hall–Kier alpha value is -1.48. The van der Waals surface area contributed by atoms with Crippen LogP contribution in [0.15, 0.2) is 23.2 Å². The summed E-state index contributed by atoms with van der Waals surface area (Å²) in [5.41, 5.74) is 6.14. The van der Waals surface area contributed by atoms with E-state index in [1.165, 1.54) is 22.4 Å². The molecule has 0 saturated carbocycles. The third-order valence-electron chi connectivity index (χ3n) is 3.00. The lowest BCUT2D eigenvalue weighted by atomic mass is 10.1. The second-order valence-corrected chi connectivity index (χ2v) is 5.59. The van der Waals surface area contributed by atoms with Crippen molar-refractivity contribution in [1.29, 1.82) is 0 Å². The fraction of sp³-hybridized carbons (Fsp3) is 0.286. The van der Waals surface area contributed by atoms with Crippen molar-refractivity contribution >= 4 is 22.0 Å². The van der Waals surface area contributed by atoms with Crippen LogP contribution >= 0.6 is 11.3 Å². The second kappa shape index (κ2) is 3.77. The van der Waals surface area contributed by atoms with Crippen molar-refractivity contribution in [2.24, 2.45) is 4.99 Å². The zero-order valence-corrected chi connectivity index (χ0v) is 11.1. The van der Waals surface area contributed by atoms with Crippen molar-refractivity contribution < 1.29 is 0 Å². The Kier molecular flexibility index (Phi) is 2.37. The fourth-order valence-electron chi connectivity index (χ4n) is 2.17. The number of thiazole rings is 1. The smallest absolute Gasteiger partial charge is 0.139 e. The first-order valence-electron chi connectivity index (χ1n) is 5.75. The SMILES string of the molecule is CC1=Nc2sc(-c3ccc(C)cc3C)nc2C1. The summed E-state index contributed by atoms with van der Waals surface area (Å²) < 4.78 is 0. The van der Waals surface area contributed by atoms with Gasteiger partial charge in [0.1, 0.15) is 10.0 Å². The maximum Gasteiger partial charge on any atom is 0.139 e. The summed E-state index contributed by atoms with van der Waals surface area (Å²) in [6.45, 7) is 6.32. The van der Waals surface area contributed by atoms with Gasteiger partial charge in [-0.25, -0.2) is 9.98 Å². The van der Waals surface area contributed by atoms with Crippen molar-refractivity contribution in [1.82, 2.24) is 4.98 Å². The Morgan fingerprint density at radius 2 is 2.00 bits per heavy atom. The third kappa shape index (κ3) is 1.80. The number of hydrogen-bond donors (Lipinski definition) is 0. The van der Waals surface area contributed by atoms with Crippen LogP contribution in [0.4, 0.5) is 5.00 Å². The van der Waals surface area contributed by atoms with E-state index in [0.29, 0.717) is 0 Å². The minimum absolute atomic E-state index is 0.913. The van der Waals surface area contributed by atoms with E-state index in [0.717, 1.165) is 22.1 Å². The molecule has 1 aliphatic heterocycles. The molecule has 17 heavy (non-hydrogen) atoms. The van der Waals surface area contributed by atoms with E-state index in [-0.39, 0.29) is 0 Å². The first-order chi connectivity index (χ1) is 8.13. The lowest BCUT2D eigenvalue weighted by Gasteiger charge is -2.03. The van der Waals surface area contributed by atoms with Crippen LogP contribution in [-0.4, -0.2) is 10.7 Å². The van der Waals surface area contributed by atoms with Gasteiger partial charge in [0.25, 0.3) is 0 Å². The average molecular weight is 242 g/mol. The molecule has 1 aromatic heterocycles. The van der Waals surface area contributed by atoms with E-state index in [1.807, 2.05) is 0 Å². The van der Waals surface area contributed by atoms with E-state index in [9.17, 15) is 0 Å². The van der Waals surface area contributed by atoms with E-state index in [2.05, 4.69) is 44.0 Å². The number of nitrogens with zero attached hydrogens (tertiary/aromatic N) is 2. The molecule has 2 heterocycles. The molecule has 2 nitrogen and oxygen atoms in total. The molecule has 86 valence electrons. The normalized spacial score (nSPS) is 13.7. The monoisotopic (exact) mass is 242 g/mol. The Bertz CT molecular complexity index is 623. The molecule has 3 heteroatoms. The van der Waals surface area contributed by atoms with Gasteiger partial charge in [0, 0.05) is 17.7 Å². The molecule has 0 aliphatic carbocycles. The van der Waals surface area contributed by atoms with Crippen LogP contribution in [0.1, 0.15) is 23.7 Å². The van der Waals surface area contributed by atoms with Crippen LogP contribution in [0.25, 0.3) is 10.6 Å². The second-order valence-electron chi connectivity index (χ2n) is 4.61. The van der Waals surface area contributed by atoms with Gasteiger partial charge in [-0.15, -0.1) is 0 Å². The Morgan fingerprint density at radius 1 is 1.18 bits per heavy atom. The molecule has 1 aromatic carbocycles. The molecule has 0 fully saturated rings. The standard InChI is InChI=1S/C14H14N2S/c1-8-4-5-11(9(2)6-8)13-16-12-7-10(3)15-14(12)17-13/h4-6H,7H2,1-3H3. The maximum atomic E-state index is 4.71. The summed E-state index contributed by atoms with van der Waals surface area (Å²) in [6, 6.07) is 6.51. The highest BCUT2D eigenvalue weighted by atomic mass is 32.1. The molecule has 0 amide bonds. The number of aromatic nitrogens is 1. The van der Waals surface area contributed by atoms with E-state index in [1.54, 1.807) is 11.3 Å². The summed E-state index contributed by atoms with van der Waals surface area (Å²) in [5, 5.41) is 2.20. The molecule has 0 N–H and O–H groups in total. The summed E-state index contributed by atoms with van der Waals surface area (Å²) in [6.07, 6.45) is 0.913. The molecule has 1 aliphatic rings. The highest BCUT2D eigenvalue weighted by Gasteiger charge is 2.18. The van der Waals surface area contributed by atoms with Crippen molar-refractivity contribution in [2.45, 2.75) is 27.2 Å². The summed E-state index contributed by atoms with van der Waals surface area (Å²) >= 11 is 1.70. The lowest BCUT2D eigenvalue weighted by molar-refractivity contribution is 1.21. The molecule has 2 aromatic rings. The molecule has 0 atom stereocenters. The van der Waals surface area contributed by atoms with Crippen LogP contribution < -0.4 is 0 Å². The molecule has 0 saturated heterocycles. The Labute approximate surface area is 105 Å². The number of hydrogen-bond acceptors (Lipinski definition) is 3. The molecule has 0 radical (unpaired) electrons. The van der Waals surface area contributed by atoms with Gasteiger partial charge in [-0.3, -0.25) is 0 Å². The van der Waals surface area contributed by atoms with E-state index in [4.69, 9.17) is 4.98 Å². The third-order valence-corrected chi connectivity index (χ3v) is 4.03. The Balaban J connectivity index is 2.08. The number of aryl methyl sites for hydroxylation is 2. The zero-order chi connectivity index (χ0) is 12.0. The highest BCUT2D eigenvalue weighted by Crippen LogP contribution is 2.38. The van der Waals surface area contributed by atoms with Gasteiger partial charge in [0.2, 0.25) is 0 Å². The topological polar surface area (TPSA) is 25.2 Å². The average Bonchev–Trinajstić information content (AvgIpc) is 2.74. The quantitative estimate of drug-likeness (QED) is 0.739. The minimum atomic E-state index is 0.913. The number of benzene rings is 1. The van der Waals surface area contributed by atoms with Gasteiger partial charge in [0.15, 0.2) is 0 Å². The van der Waals surface area contributed by atoms with Crippen LogP contribution in [-0.2, 0) is 6.42 Å². The van der Waals surface area contributed by atoms with Crippen LogP contribution in [0.3, 0.4) is 0 Å². The Morgan fingerprint density at radius 3 is 2.71 bits per heavy atom. The van der Waals surface area contributed by atoms with E-state index < -0.39 is 0 Å². The maximum absolute atomic E-state index is 4.71. The van der Waals surface area contributed by atoms with Gasteiger partial charge in [-0.1, -0.05) is 35.1 Å². The molecule has 3 rings (SSSR count). The summed E-state index contributed by atoms with van der Waals surface area (Å²) in [4.78, 5) is 9.22. The lowest BCUT2D eigenvalue weighted by Crippen LogP contribution is -1.91. The van der Waals surface area contributed by atoms with Gasteiger partial charge < -0.3 is 0 Å². The summed E-state index contributed by atoms with van der Waals surface area (Å²) in [5.74, 6) is 0. The van der Waals surface area contributed by atoms with Crippen molar-refractivity contribution in [3.05, 3.63) is 35.0 Å². The predicted molar refractivity (Wildman–Crippen MR) is 73.5 cm³/mol. The van der Waals surface area contributed by atoms with Gasteiger partial charge in [-0.05, 0) is 26.3 Å². The highest BCUT2D eigenvalue weighted by molar-refractivity contribution is 7.19. The largest absolute Gasteiger partial charge is 0.245 e. The van der Waals surface area contributed by atoms with Gasteiger partial charge in [-0.2, -0.15) is 0 Å². The first-order valence-corrected chi connectivity index (χ1v) is 6.56. The molecular formula is C14H14N2S. The number of fused-ring (bicyclic) bond motifs is 1. The first kappa shape index (κ1) is 10.7. The van der Waals surface area contributed by atoms with Gasteiger partial charge >= 0.3 is 0 Å². The van der Waals surface area contributed by atoms with Crippen LogP contribution in [0, 0.1) is 13.8 Å². The predicted octanol–water partition coefficient (Wildman–Crippen LogP) is 4.08. The minimum Gasteiger partial charge on any atom is -0.245 e. The zero-order valence-electron chi connectivity index (χ0n) is 10.2. The van der Waals surface area contributed by atoms with Crippen molar-refractivity contribution in [3.8, 4) is 10.6 Å². The van der Waals surface area contributed by atoms with Crippen molar-refractivity contribution in [2.75, 3.05) is 0 Å². The van der Waals surface area contributed by atoms with Crippen LogP contribution in [0.5, 0.6) is 0 Å². The van der Waals surface area contributed by atoms with Gasteiger partial charge in [0.05, 0.1) is 5.69 Å². The molecule has 0 unspecified atom stereocenters. The summed E-state index contributed by atoms with van der Waals surface area (Å²) in [7, 11) is 0. The molecule has 0 spiro atoms.